The molecule has 4 nitrogen and oxygen atoms in total. The van der Waals surface area contributed by atoms with Gasteiger partial charge in [0, 0.05) is 17.7 Å². The Morgan fingerprint density at radius 1 is 1.65 bits per heavy atom. The predicted molar refractivity (Wildman–Crippen MR) is 62.9 cm³/mol. The van der Waals surface area contributed by atoms with Crippen LogP contribution >= 0.6 is 11.3 Å². The molecule has 0 spiro atoms. The maximum Gasteiger partial charge on any atom is 0.326 e. The van der Waals surface area contributed by atoms with Crippen molar-refractivity contribution >= 4 is 23.2 Å². The maximum absolute atomic E-state index is 11.9. The molecule has 0 unspecified atom stereocenters. The molecule has 17 heavy (non-hydrogen) atoms. The molecule has 1 fully saturated rings. The van der Waals surface area contributed by atoms with Crippen molar-refractivity contribution in [3.63, 3.8) is 0 Å². The number of thiophene rings is 1. The summed E-state index contributed by atoms with van der Waals surface area (Å²) >= 11 is 1.63. The molecule has 3 heterocycles. The van der Waals surface area contributed by atoms with Gasteiger partial charge in [-0.3, -0.25) is 4.79 Å². The van der Waals surface area contributed by atoms with E-state index in [2.05, 4.69) is 0 Å². The number of carbonyl (C=O) groups is 2. The smallest absolute Gasteiger partial charge is 0.326 e. The fourth-order valence-electron chi connectivity index (χ4n) is 3.07. The maximum atomic E-state index is 11.9. The van der Waals surface area contributed by atoms with Crippen LogP contribution in [-0.2, 0) is 21.5 Å². The highest BCUT2D eigenvalue weighted by atomic mass is 32.1. The topological polar surface area (TPSA) is 57.6 Å². The molecule has 2 aliphatic heterocycles. The SMILES string of the molecule is C[C@]12CCC(=O)N1[C@H](C(=O)O)Cc1ccsc12. The Balaban J connectivity index is 2.17. The summed E-state index contributed by atoms with van der Waals surface area (Å²) in [5.74, 6) is -0.928. The van der Waals surface area contributed by atoms with Crippen molar-refractivity contribution in [3.05, 3.63) is 21.9 Å². The van der Waals surface area contributed by atoms with E-state index in [0.717, 1.165) is 12.0 Å². The Hall–Kier alpha value is -1.36. The van der Waals surface area contributed by atoms with E-state index in [1.54, 1.807) is 16.2 Å². The van der Waals surface area contributed by atoms with E-state index in [0.29, 0.717) is 12.8 Å². The van der Waals surface area contributed by atoms with E-state index in [-0.39, 0.29) is 5.91 Å². The van der Waals surface area contributed by atoms with E-state index in [4.69, 9.17) is 0 Å². The average molecular weight is 251 g/mol. The molecule has 1 N–H and O–H groups in total. The molecular weight excluding hydrogens is 238 g/mol. The Labute approximate surface area is 103 Å². The van der Waals surface area contributed by atoms with Crippen molar-refractivity contribution < 1.29 is 14.7 Å². The third kappa shape index (κ3) is 1.29. The molecule has 2 aliphatic rings. The van der Waals surface area contributed by atoms with Gasteiger partial charge in [-0.15, -0.1) is 11.3 Å². The largest absolute Gasteiger partial charge is 0.480 e. The van der Waals surface area contributed by atoms with Gasteiger partial charge >= 0.3 is 5.97 Å². The lowest BCUT2D eigenvalue weighted by atomic mass is 9.86. The molecule has 1 aromatic heterocycles. The molecule has 1 aromatic rings. The highest BCUT2D eigenvalue weighted by molar-refractivity contribution is 7.10. The first-order chi connectivity index (χ1) is 8.04. The van der Waals surface area contributed by atoms with Gasteiger partial charge in [0.25, 0.3) is 0 Å². The number of carboxylic acids is 1. The molecule has 1 amide bonds. The van der Waals surface area contributed by atoms with Gasteiger partial charge in [0.15, 0.2) is 0 Å². The number of hydrogen-bond donors (Lipinski definition) is 1. The number of nitrogens with zero attached hydrogens (tertiary/aromatic N) is 1. The van der Waals surface area contributed by atoms with Crippen LogP contribution in [0.1, 0.15) is 30.2 Å². The second kappa shape index (κ2) is 3.32. The van der Waals surface area contributed by atoms with E-state index in [1.165, 1.54) is 4.88 Å². The third-order valence-electron chi connectivity index (χ3n) is 3.87. The first-order valence-electron chi connectivity index (χ1n) is 5.66. The highest BCUT2D eigenvalue weighted by Gasteiger charge is 2.52. The van der Waals surface area contributed by atoms with E-state index >= 15 is 0 Å². The Kier molecular flexibility index (Phi) is 2.10. The average Bonchev–Trinajstić information content (AvgIpc) is 2.83. The molecule has 1 saturated heterocycles. The second-order valence-corrected chi connectivity index (χ2v) is 5.79. The predicted octanol–water partition coefficient (Wildman–Crippen LogP) is 1.59. The number of fused-ring (bicyclic) bond motifs is 3. The van der Waals surface area contributed by atoms with Gasteiger partial charge < -0.3 is 10.0 Å². The minimum Gasteiger partial charge on any atom is -0.480 e. The van der Waals surface area contributed by atoms with Crippen LogP contribution in [0.4, 0.5) is 0 Å². The van der Waals surface area contributed by atoms with Crippen LogP contribution < -0.4 is 0 Å². The molecule has 0 aromatic carbocycles. The highest BCUT2D eigenvalue weighted by Crippen LogP contribution is 2.48. The Morgan fingerprint density at radius 2 is 2.41 bits per heavy atom. The second-order valence-electron chi connectivity index (χ2n) is 4.87. The van der Waals surface area contributed by atoms with Gasteiger partial charge in [-0.2, -0.15) is 0 Å². The minimum atomic E-state index is -0.900. The monoisotopic (exact) mass is 251 g/mol. The number of carbonyl (C=O) groups excluding carboxylic acids is 1. The van der Waals surface area contributed by atoms with Crippen molar-refractivity contribution in [3.8, 4) is 0 Å². The van der Waals surface area contributed by atoms with Gasteiger partial charge in [-0.1, -0.05) is 0 Å². The van der Waals surface area contributed by atoms with Crippen LogP contribution in [0.15, 0.2) is 11.4 Å². The zero-order valence-electron chi connectivity index (χ0n) is 9.47. The first-order valence-corrected chi connectivity index (χ1v) is 6.54. The van der Waals surface area contributed by atoms with E-state index in [9.17, 15) is 14.7 Å². The van der Waals surface area contributed by atoms with Crippen molar-refractivity contribution in [2.75, 3.05) is 0 Å². The van der Waals surface area contributed by atoms with Gasteiger partial charge in [-0.25, -0.2) is 4.79 Å². The summed E-state index contributed by atoms with van der Waals surface area (Å²) < 4.78 is 0. The van der Waals surface area contributed by atoms with Crippen molar-refractivity contribution in [2.24, 2.45) is 0 Å². The van der Waals surface area contributed by atoms with Crippen molar-refractivity contribution in [2.45, 2.75) is 37.8 Å². The summed E-state index contributed by atoms with van der Waals surface area (Å²) in [6.07, 6.45) is 1.62. The molecule has 90 valence electrons. The van der Waals surface area contributed by atoms with Gasteiger partial charge in [0.05, 0.1) is 5.54 Å². The number of carboxylic acid groups (broad SMARTS) is 1. The van der Waals surface area contributed by atoms with Crippen LogP contribution in [0.5, 0.6) is 0 Å². The molecule has 5 heteroatoms. The number of aliphatic carboxylic acids is 1. The van der Waals surface area contributed by atoms with Crippen LogP contribution in [0, 0.1) is 0 Å². The standard InChI is InChI=1S/C12H13NO3S/c1-12-4-2-9(14)13(12)8(11(15)16)6-7-3-5-17-10(7)12/h3,5,8H,2,4,6H2,1H3,(H,15,16)/t8-,12+/m0/s1. The summed E-state index contributed by atoms with van der Waals surface area (Å²) in [5, 5.41) is 11.3. The van der Waals surface area contributed by atoms with Crippen LogP contribution in [0.25, 0.3) is 0 Å². The van der Waals surface area contributed by atoms with Crippen LogP contribution in [0.2, 0.25) is 0 Å². The van der Waals surface area contributed by atoms with Crippen molar-refractivity contribution in [1.82, 2.24) is 4.90 Å². The first kappa shape index (κ1) is 10.8. The lowest BCUT2D eigenvalue weighted by Gasteiger charge is -2.43. The number of hydrogen-bond acceptors (Lipinski definition) is 3. The Morgan fingerprint density at radius 3 is 3.12 bits per heavy atom. The molecular formula is C12H13NO3S. The zero-order chi connectivity index (χ0) is 12.2. The Bertz CT molecular complexity index is 510. The summed E-state index contributed by atoms with van der Waals surface area (Å²) in [6, 6.07) is 1.29. The van der Waals surface area contributed by atoms with Crippen molar-refractivity contribution in [1.29, 1.82) is 0 Å². The fraction of sp³-hybridized carbons (Fsp3) is 0.500. The van der Waals surface area contributed by atoms with Gasteiger partial charge in [0.1, 0.15) is 6.04 Å². The molecule has 2 atom stereocenters. The molecule has 3 rings (SSSR count). The third-order valence-corrected chi connectivity index (χ3v) is 5.08. The van der Waals surface area contributed by atoms with Crippen LogP contribution in [-0.4, -0.2) is 27.9 Å². The number of amides is 1. The molecule has 0 bridgehead atoms. The number of rotatable bonds is 1. The normalized spacial score (nSPS) is 31.2. The van der Waals surface area contributed by atoms with Gasteiger partial charge in [-0.05, 0) is 30.4 Å². The molecule has 0 aliphatic carbocycles. The minimum absolute atomic E-state index is 0.0287. The van der Waals surface area contributed by atoms with Crippen LogP contribution in [0.3, 0.4) is 0 Å². The fourth-order valence-corrected chi connectivity index (χ4v) is 4.20. The quantitative estimate of drug-likeness (QED) is 0.824. The van der Waals surface area contributed by atoms with E-state index < -0.39 is 17.6 Å². The van der Waals surface area contributed by atoms with Gasteiger partial charge in [0.2, 0.25) is 5.91 Å². The molecule has 0 saturated carbocycles. The molecule has 0 radical (unpaired) electrons. The lowest BCUT2D eigenvalue weighted by molar-refractivity contribution is -0.153. The summed E-state index contributed by atoms with van der Waals surface area (Å²) in [6.45, 7) is 1.99. The summed E-state index contributed by atoms with van der Waals surface area (Å²) in [5.41, 5.74) is 0.692. The lowest BCUT2D eigenvalue weighted by Crippen LogP contribution is -2.54. The zero-order valence-corrected chi connectivity index (χ0v) is 10.3. The summed E-state index contributed by atoms with van der Waals surface area (Å²) in [4.78, 5) is 26.0. The van der Waals surface area contributed by atoms with E-state index in [1.807, 2.05) is 18.4 Å². The summed E-state index contributed by atoms with van der Waals surface area (Å²) in [7, 11) is 0.